The van der Waals surface area contributed by atoms with Gasteiger partial charge in [-0.05, 0) is 75.3 Å². The Hall–Kier alpha value is -3.88. The molecule has 0 spiro atoms. The number of nitrogens with one attached hydrogen (secondary N) is 2. The van der Waals surface area contributed by atoms with Gasteiger partial charge >= 0.3 is 6.09 Å². The second-order valence-corrected chi connectivity index (χ2v) is 13.6. The number of H-pyrrole nitrogens is 1. The van der Waals surface area contributed by atoms with Gasteiger partial charge in [0.15, 0.2) is 0 Å². The topological polar surface area (TPSA) is 94.7 Å². The molecular formula is C35H43FN4O4. The van der Waals surface area contributed by atoms with E-state index in [1.165, 1.54) is 12.1 Å². The molecule has 3 aromatic rings. The van der Waals surface area contributed by atoms with Crippen molar-refractivity contribution < 1.29 is 23.5 Å². The number of nitrogens with zero attached hydrogens (tertiary/aromatic N) is 2. The Morgan fingerprint density at radius 3 is 2.50 bits per heavy atom. The molecule has 1 aromatic heterocycles. The van der Waals surface area contributed by atoms with E-state index in [9.17, 15) is 18.8 Å². The third-order valence-corrected chi connectivity index (χ3v) is 9.56. The van der Waals surface area contributed by atoms with E-state index < -0.39 is 17.7 Å². The van der Waals surface area contributed by atoms with Crippen molar-refractivity contribution in [2.24, 2.45) is 5.92 Å². The number of alkyl carbamates (subject to hydrolysis) is 1. The molecule has 6 rings (SSSR count). The number of likely N-dealkylation sites (tertiary alicyclic amines) is 2. The van der Waals surface area contributed by atoms with Crippen LogP contribution in [0, 0.1) is 11.7 Å². The third kappa shape index (κ3) is 6.19. The number of aromatic nitrogens is 1. The number of aromatic amines is 1. The molecular weight excluding hydrogens is 559 g/mol. The minimum atomic E-state index is -0.698. The van der Waals surface area contributed by atoms with Crippen molar-refractivity contribution >= 4 is 28.8 Å². The SMILES string of the molecule is CC(C)(C)OC(=O)N[C@H](C(=O)N1CC[C@@H]2[C@H]1[C@@H](c1c[nH]c3cc(F)ccc13)CN2C(=O)Cc1ccccc1)C1CCCCC1. The van der Waals surface area contributed by atoms with Crippen LogP contribution in [-0.4, -0.2) is 69.5 Å². The van der Waals surface area contributed by atoms with Crippen LogP contribution >= 0.6 is 0 Å². The van der Waals surface area contributed by atoms with Crippen LogP contribution in [0.3, 0.4) is 0 Å². The summed E-state index contributed by atoms with van der Waals surface area (Å²) in [5, 5.41) is 3.86. The fraction of sp³-hybridized carbons (Fsp3) is 0.514. The van der Waals surface area contributed by atoms with E-state index in [-0.39, 0.29) is 48.0 Å². The molecule has 2 saturated heterocycles. The van der Waals surface area contributed by atoms with Crippen LogP contribution in [0.5, 0.6) is 0 Å². The van der Waals surface area contributed by atoms with Gasteiger partial charge in [0.2, 0.25) is 11.8 Å². The van der Waals surface area contributed by atoms with Crippen LogP contribution in [0.4, 0.5) is 9.18 Å². The molecule has 44 heavy (non-hydrogen) atoms. The number of carbonyl (C=O) groups excluding carboxylic acids is 3. The van der Waals surface area contributed by atoms with Crippen molar-refractivity contribution in [3.63, 3.8) is 0 Å². The molecule has 1 saturated carbocycles. The fourth-order valence-corrected chi connectivity index (χ4v) is 7.67. The van der Waals surface area contributed by atoms with Gasteiger partial charge in [-0.25, -0.2) is 9.18 Å². The van der Waals surface area contributed by atoms with Gasteiger partial charge in [0.25, 0.3) is 0 Å². The molecule has 234 valence electrons. The molecule has 0 unspecified atom stereocenters. The Kier molecular flexibility index (Phi) is 8.40. The van der Waals surface area contributed by atoms with Crippen LogP contribution in [0.2, 0.25) is 0 Å². The zero-order valence-electron chi connectivity index (χ0n) is 25.9. The van der Waals surface area contributed by atoms with Gasteiger partial charge in [-0.3, -0.25) is 9.59 Å². The first-order chi connectivity index (χ1) is 21.1. The third-order valence-electron chi connectivity index (χ3n) is 9.56. The summed E-state index contributed by atoms with van der Waals surface area (Å²) in [4.78, 5) is 48.5. The average molecular weight is 603 g/mol. The first kappa shape index (κ1) is 30.2. The minimum absolute atomic E-state index is 0.0227. The summed E-state index contributed by atoms with van der Waals surface area (Å²) < 4.78 is 19.7. The highest BCUT2D eigenvalue weighted by atomic mass is 19.1. The van der Waals surface area contributed by atoms with E-state index >= 15 is 0 Å². The minimum Gasteiger partial charge on any atom is -0.444 e. The first-order valence-electron chi connectivity index (χ1n) is 16.0. The highest BCUT2D eigenvalue weighted by Crippen LogP contribution is 2.44. The van der Waals surface area contributed by atoms with Crippen LogP contribution in [0.15, 0.2) is 54.7 Å². The van der Waals surface area contributed by atoms with Crippen molar-refractivity contribution in [3.05, 3.63) is 71.7 Å². The molecule has 0 bridgehead atoms. The van der Waals surface area contributed by atoms with Crippen LogP contribution in [0.25, 0.3) is 10.9 Å². The van der Waals surface area contributed by atoms with Crippen molar-refractivity contribution in [1.29, 1.82) is 0 Å². The standard InChI is InChI=1S/C35H43FN4O4/c1-35(2,3)44-34(43)38-31(23-12-8-5-9-13-23)33(42)39-17-16-29-32(39)27(26-20-37-28-19-24(36)14-15-25(26)28)21-40(29)30(41)18-22-10-6-4-7-11-22/h4,6-7,10-11,14-15,19-20,23,27,29,31-32,37H,5,8-9,12-13,16-18,21H2,1-3H3,(H,38,43)/t27-,29-,31+,32-/m1/s1. The van der Waals surface area contributed by atoms with Gasteiger partial charge in [0.05, 0.1) is 18.5 Å². The van der Waals surface area contributed by atoms with Gasteiger partial charge in [-0.1, -0.05) is 49.6 Å². The van der Waals surface area contributed by atoms with E-state index in [1.54, 1.807) is 6.07 Å². The smallest absolute Gasteiger partial charge is 0.408 e. The predicted molar refractivity (Wildman–Crippen MR) is 166 cm³/mol. The lowest BCUT2D eigenvalue weighted by Gasteiger charge is -2.36. The summed E-state index contributed by atoms with van der Waals surface area (Å²) in [5.74, 6) is -0.544. The quantitative estimate of drug-likeness (QED) is 0.366. The van der Waals surface area contributed by atoms with Gasteiger partial charge in [-0.2, -0.15) is 0 Å². The van der Waals surface area contributed by atoms with Gasteiger partial charge in [-0.15, -0.1) is 0 Å². The molecule has 0 radical (unpaired) electrons. The normalized spacial score (nSPS) is 23.0. The second kappa shape index (κ2) is 12.3. The number of carbonyl (C=O) groups is 3. The molecule has 8 nitrogen and oxygen atoms in total. The lowest BCUT2D eigenvalue weighted by molar-refractivity contribution is -0.137. The first-order valence-corrected chi connectivity index (χ1v) is 16.0. The van der Waals surface area contributed by atoms with Crippen molar-refractivity contribution in [3.8, 4) is 0 Å². The van der Waals surface area contributed by atoms with Crippen LogP contribution in [-0.2, 0) is 20.7 Å². The molecule has 4 atom stereocenters. The Balaban J connectivity index is 1.33. The maximum atomic E-state index is 14.6. The van der Waals surface area contributed by atoms with Crippen molar-refractivity contribution in [2.75, 3.05) is 13.1 Å². The van der Waals surface area contributed by atoms with E-state index in [1.807, 2.05) is 67.1 Å². The number of rotatable bonds is 6. The number of amides is 3. The highest BCUT2D eigenvalue weighted by Gasteiger charge is 2.53. The van der Waals surface area contributed by atoms with Crippen molar-refractivity contribution in [1.82, 2.24) is 20.1 Å². The highest BCUT2D eigenvalue weighted by molar-refractivity contribution is 5.88. The van der Waals surface area contributed by atoms with E-state index in [0.717, 1.165) is 48.6 Å². The number of hydrogen-bond acceptors (Lipinski definition) is 4. The lowest BCUT2D eigenvalue weighted by atomic mass is 9.83. The van der Waals surface area contributed by atoms with Crippen LogP contribution < -0.4 is 5.32 Å². The molecule has 2 N–H and O–H groups in total. The number of halogens is 1. The molecule has 1 aliphatic carbocycles. The van der Waals surface area contributed by atoms with E-state index in [4.69, 9.17) is 4.74 Å². The summed E-state index contributed by atoms with van der Waals surface area (Å²) in [5.41, 5.74) is 1.92. The molecule has 9 heteroatoms. The largest absolute Gasteiger partial charge is 0.444 e. The molecule has 2 aliphatic heterocycles. The van der Waals surface area contributed by atoms with E-state index in [0.29, 0.717) is 25.0 Å². The molecule has 3 heterocycles. The molecule has 3 fully saturated rings. The monoisotopic (exact) mass is 602 g/mol. The zero-order valence-corrected chi connectivity index (χ0v) is 25.9. The fourth-order valence-electron chi connectivity index (χ4n) is 7.67. The van der Waals surface area contributed by atoms with Gasteiger partial charge in [0, 0.05) is 36.1 Å². The number of hydrogen-bond donors (Lipinski definition) is 2. The average Bonchev–Trinajstić information content (AvgIpc) is 3.70. The summed E-state index contributed by atoms with van der Waals surface area (Å²) in [6.07, 6.45) is 7.16. The van der Waals surface area contributed by atoms with Gasteiger partial charge in [0.1, 0.15) is 17.5 Å². The summed E-state index contributed by atoms with van der Waals surface area (Å²) in [6.45, 7) is 6.39. The molecule has 3 aliphatic rings. The maximum Gasteiger partial charge on any atom is 0.408 e. The van der Waals surface area contributed by atoms with Gasteiger partial charge < -0.3 is 24.8 Å². The predicted octanol–water partition coefficient (Wildman–Crippen LogP) is 5.92. The maximum absolute atomic E-state index is 14.6. The Morgan fingerprint density at radius 2 is 1.77 bits per heavy atom. The molecule has 3 amide bonds. The summed E-state index contributed by atoms with van der Waals surface area (Å²) in [7, 11) is 0. The second-order valence-electron chi connectivity index (χ2n) is 13.6. The number of fused-ring (bicyclic) bond motifs is 2. The van der Waals surface area contributed by atoms with Crippen LogP contribution in [0.1, 0.15) is 76.3 Å². The lowest BCUT2D eigenvalue weighted by Crippen LogP contribution is -2.55. The zero-order chi connectivity index (χ0) is 31.0. The number of ether oxygens (including phenoxy) is 1. The Bertz CT molecular complexity index is 1510. The summed E-state index contributed by atoms with van der Waals surface area (Å²) in [6, 6.07) is 13.3. The number of benzene rings is 2. The molecule has 2 aromatic carbocycles. The summed E-state index contributed by atoms with van der Waals surface area (Å²) >= 11 is 0. The Morgan fingerprint density at radius 1 is 1.02 bits per heavy atom. The van der Waals surface area contributed by atoms with Crippen molar-refractivity contribution in [2.45, 2.75) is 95.4 Å². The Labute approximate surface area is 258 Å². The van der Waals surface area contributed by atoms with E-state index in [2.05, 4.69) is 10.3 Å².